The maximum Gasteiger partial charge on any atom is 0.145 e. The predicted octanol–water partition coefficient (Wildman–Crippen LogP) is 15.1. The summed E-state index contributed by atoms with van der Waals surface area (Å²) >= 11 is 0. The van der Waals surface area contributed by atoms with Crippen LogP contribution in [0.15, 0.2) is 209 Å². The van der Waals surface area contributed by atoms with Crippen molar-refractivity contribution in [1.29, 1.82) is 0 Å². The first-order chi connectivity index (χ1) is 31.4. The molecule has 11 aromatic rings. The zero-order valence-electron chi connectivity index (χ0n) is 39.0. The highest BCUT2D eigenvalue weighted by Crippen LogP contribution is 2.47. The second-order valence-electron chi connectivity index (χ2n) is 13.3. The number of hydrogen-bond acceptors (Lipinski definition) is 3. The van der Waals surface area contributed by atoms with E-state index in [1.165, 1.54) is 0 Å². The Morgan fingerprint density at radius 2 is 1.02 bits per heavy atom. The van der Waals surface area contributed by atoms with E-state index in [4.69, 9.17) is 22.5 Å². The van der Waals surface area contributed by atoms with Gasteiger partial charge in [-0.15, -0.1) is 0 Å². The van der Waals surface area contributed by atoms with Gasteiger partial charge in [-0.1, -0.05) is 151 Å². The Morgan fingerprint density at radius 1 is 0.400 bits per heavy atom. The minimum atomic E-state index is -0.485. The van der Waals surface area contributed by atoms with Gasteiger partial charge in [-0.25, -0.2) is 0 Å². The minimum absolute atomic E-state index is 0.0243. The van der Waals surface area contributed by atoms with Gasteiger partial charge in [0.1, 0.15) is 22.3 Å². The smallest absolute Gasteiger partial charge is 0.145 e. The molecule has 3 heteroatoms. The number of nitrogens with zero attached hydrogens (tertiary/aromatic N) is 1. The SMILES string of the molecule is [2H]c1c([2H])c([2H])c(-c2cccc3c2oc2cc(N(c4ccc(-c5cccc6ccccc56)cc4)c4ccc(-c5c([2H])c([2H])c([2H])c([2H])c5[2H])c5oc6ccccc6c45)ccc23)c([2H])c1[2H]. The molecule has 3 nitrogen and oxygen atoms in total. The van der Waals surface area contributed by atoms with Gasteiger partial charge >= 0.3 is 0 Å². The molecule has 0 unspecified atom stereocenters. The van der Waals surface area contributed by atoms with E-state index in [-0.39, 0.29) is 35.3 Å². The average Bonchev–Trinajstić information content (AvgIpc) is 3.92. The molecule has 9 aromatic carbocycles. The van der Waals surface area contributed by atoms with Crippen LogP contribution in [0.25, 0.3) is 88.0 Å². The molecule has 0 bridgehead atoms. The van der Waals surface area contributed by atoms with Crippen molar-refractivity contribution in [1.82, 2.24) is 0 Å². The van der Waals surface area contributed by atoms with E-state index >= 15 is 0 Å². The van der Waals surface area contributed by atoms with E-state index in [0.29, 0.717) is 55.6 Å². The van der Waals surface area contributed by atoms with Gasteiger partial charge in [0.15, 0.2) is 0 Å². The van der Waals surface area contributed by atoms with Crippen molar-refractivity contribution >= 4 is 71.7 Å². The maximum absolute atomic E-state index is 8.89. The normalized spacial score (nSPS) is 14.2. The molecular weight excluding hydrogens is 671 g/mol. The lowest BCUT2D eigenvalue weighted by Gasteiger charge is -2.27. The lowest BCUT2D eigenvalue weighted by molar-refractivity contribution is 0.670. The van der Waals surface area contributed by atoms with E-state index in [1.54, 1.807) is 18.2 Å². The van der Waals surface area contributed by atoms with E-state index in [0.717, 1.165) is 38.4 Å². The van der Waals surface area contributed by atoms with Gasteiger partial charge < -0.3 is 13.7 Å². The minimum Gasteiger partial charge on any atom is -0.455 e. The monoisotopic (exact) mass is 713 g/mol. The third-order valence-corrected chi connectivity index (χ3v) is 10.3. The van der Waals surface area contributed by atoms with Crippen LogP contribution in [-0.2, 0) is 0 Å². The summed E-state index contributed by atoms with van der Waals surface area (Å²) in [5, 5.41) is 5.09. The summed E-state index contributed by atoms with van der Waals surface area (Å²) in [6.07, 6.45) is 0. The second kappa shape index (κ2) is 12.6. The molecule has 0 N–H and O–H groups in total. The molecule has 258 valence electrons. The molecule has 11 rings (SSSR count). The van der Waals surface area contributed by atoms with E-state index in [2.05, 4.69) is 41.3 Å². The van der Waals surface area contributed by atoms with Crippen molar-refractivity contribution in [2.24, 2.45) is 0 Å². The highest BCUT2D eigenvalue weighted by atomic mass is 16.3. The number of fused-ring (bicyclic) bond motifs is 7. The zero-order valence-corrected chi connectivity index (χ0v) is 29.0. The first-order valence-corrected chi connectivity index (χ1v) is 17.9. The number of rotatable bonds is 6. The van der Waals surface area contributed by atoms with Gasteiger partial charge in [0.05, 0.1) is 24.8 Å². The van der Waals surface area contributed by atoms with Gasteiger partial charge in [-0.05, 0) is 75.5 Å². The molecule has 0 spiro atoms. The lowest BCUT2D eigenvalue weighted by Crippen LogP contribution is -2.10. The standard InChI is InChI=1S/C52H33NO2/c1-3-13-35(14-4-1)42-22-12-23-45-44-30-29-39(33-49(44)55-51(42)45)53(38-27-25-37(26-28-38)41-21-11-18-34-17-7-8-19-40(34)41)47-32-31-43(36-15-5-2-6-16-36)52-50(47)46-20-9-10-24-48(46)54-52/h1-33H/i1D,2D,3D,4D,5D,6D,13D,14D,15D,16D. The van der Waals surface area contributed by atoms with E-state index in [9.17, 15) is 0 Å². The average molecular weight is 714 g/mol. The van der Waals surface area contributed by atoms with Gasteiger partial charge in [0, 0.05) is 44.7 Å². The molecule has 0 amide bonds. The van der Waals surface area contributed by atoms with Crippen molar-refractivity contribution in [3.63, 3.8) is 0 Å². The Kier molecular flexibility index (Phi) is 5.21. The molecule has 55 heavy (non-hydrogen) atoms. The van der Waals surface area contributed by atoms with Gasteiger partial charge in [0.25, 0.3) is 0 Å². The van der Waals surface area contributed by atoms with Crippen LogP contribution in [0.4, 0.5) is 17.1 Å². The lowest BCUT2D eigenvalue weighted by atomic mass is 9.97. The van der Waals surface area contributed by atoms with Gasteiger partial charge in [-0.3, -0.25) is 0 Å². The third-order valence-electron chi connectivity index (χ3n) is 10.3. The zero-order chi connectivity index (χ0) is 45.0. The predicted molar refractivity (Wildman–Crippen MR) is 229 cm³/mol. The number of hydrogen-bond donors (Lipinski definition) is 0. The third kappa shape index (κ3) is 5.13. The molecule has 0 saturated carbocycles. The summed E-state index contributed by atoms with van der Waals surface area (Å²) in [5.74, 6) is 0. The molecular formula is C52H33NO2. The van der Waals surface area contributed by atoms with Crippen molar-refractivity contribution in [3.05, 3.63) is 200 Å². The Labute approximate surface area is 332 Å². The van der Waals surface area contributed by atoms with E-state index < -0.39 is 36.3 Å². The Bertz CT molecular complexity index is 3740. The molecule has 0 fully saturated rings. The van der Waals surface area contributed by atoms with Crippen LogP contribution in [0.1, 0.15) is 13.7 Å². The topological polar surface area (TPSA) is 29.5 Å². The molecule has 0 saturated heterocycles. The molecule has 2 heterocycles. The quantitative estimate of drug-likeness (QED) is 0.172. The Morgan fingerprint density at radius 3 is 1.82 bits per heavy atom. The highest BCUT2D eigenvalue weighted by Gasteiger charge is 2.23. The van der Waals surface area contributed by atoms with Crippen LogP contribution in [-0.4, -0.2) is 0 Å². The number of anilines is 3. The molecule has 0 radical (unpaired) electrons. The first kappa shape index (κ1) is 22.7. The highest BCUT2D eigenvalue weighted by molar-refractivity contribution is 6.17. The summed E-state index contributed by atoms with van der Waals surface area (Å²) in [6.45, 7) is 0. The fraction of sp³-hybridized carbons (Fsp3) is 0. The fourth-order valence-electron chi connectivity index (χ4n) is 7.78. The van der Waals surface area contributed by atoms with Crippen molar-refractivity contribution in [2.75, 3.05) is 4.90 Å². The molecule has 0 atom stereocenters. The fourth-order valence-corrected chi connectivity index (χ4v) is 7.78. The Hall–Kier alpha value is -7.36. The number of para-hydroxylation sites is 2. The molecule has 0 aliphatic carbocycles. The van der Waals surface area contributed by atoms with Gasteiger partial charge in [-0.2, -0.15) is 0 Å². The van der Waals surface area contributed by atoms with Crippen LogP contribution < -0.4 is 4.90 Å². The maximum atomic E-state index is 8.89. The van der Waals surface area contributed by atoms with Crippen molar-refractivity contribution in [2.45, 2.75) is 0 Å². The molecule has 2 aromatic heterocycles. The summed E-state index contributed by atoms with van der Waals surface area (Å²) < 4.78 is 98.6. The largest absolute Gasteiger partial charge is 0.455 e. The van der Waals surface area contributed by atoms with Crippen LogP contribution in [0.2, 0.25) is 0 Å². The van der Waals surface area contributed by atoms with Crippen LogP contribution in [0.3, 0.4) is 0 Å². The first-order valence-electron chi connectivity index (χ1n) is 22.9. The van der Waals surface area contributed by atoms with Crippen LogP contribution >= 0.6 is 0 Å². The summed E-state index contributed by atoms with van der Waals surface area (Å²) in [5.41, 5.74) is 6.73. The summed E-state index contributed by atoms with van der Waals surface area (Å²) in [4.78, 5) is 2.06. The number of benzene rings is 9. The van der Waals surface area contributed by atoms with E-state index in [1.807, 2.05) is 84.9 Å². The molecule has 0 aliphatic rings. The second-order valence-corrected chi connectivity index (χ2v) is 13.3. The van der Waals surface area contributed by atoms with Crippen LogP contribution in [0, 0.1) is 0 Å². The molecule has 0 aliphatic heterocycles. The van der Waals surface area contributed by atoms with Crippen molar-refractivity contribution in [3.8, 4) is 33.4 Å². The summed E-state index contributed by atoms with van der Waals surface area (Å²) in [7, 11) is 0. The Balaban J connectivity index is 1.16. The van der Waals surface area contributed by atoms with Crippen molar-refractivity contribution < 1.29 is 22.5 Å². The van der Waals surface area contributed by atoms with Crippen LogP contribution in [0.5, 0.6) is 0 Å². The van der Waals surface area contributed by atoms with Gasteiger partial charge in [0.2, 0.25) is 0 Å². The summed E-state index contributed by atoms with van der Waals surface area (Å²) in [6, 6.07) is 40.9. The number of furan rings is 2.